The van der Waals surface area contributed by atoms with Crippen LogP contribution in [-0.4, -0.2) is 47.6 Å². The van der Waals surface area contributed by atoms with Crippen LogP contribution in [0.25, 0.3) is 0 Å². The van der Waals surface area contributed by atoms with Gasteiger partial charge in [-0.1, -0.05) is 12.8 Å². The highest BCUT2D eigenvalue weighted by Crippen LogP contribution is 2.35. The third-order valence-electron chi connectivity index (χ3n) is 4.82. The van der Waals surface area contributed by atoms with Crippen molar-refractivity contribution < 1.29 is 14.3 Å². The van der Waals surface area contributed by atoms with E-state index in [1.807, 2.05) is 11.8 Å². The molecule has 2 unspecified atom stereocenters. The quantitative estimate of drug-likeness (QED) is 0.764. The first-order chi connectivity index (χ1) is 9.12. The lowest BCUT2D eigenvalue weighted by Crippen LogP contribution is -2.58. The van der Waals surface area contributed by atoms with Crippen molar-refractivity contribution in [2.75, 3.05) is 13.2 Å². The van der Waals surface area contributed by atoms with E-state index in [0.29, 0.717) is 19.6 Å². The fourth-order valence-electron chi connectivity index (χ4n) is 3.74. The van der Waals surface area contributed by atoms with E-state index in [1.54, 1.807) is 0 Å². The molecule has 3 fully saturated rings. The SMILES string of the molecule is CC1OCCC1N1CCC(=O)NC2(CCCC2)C1=O. The van der Waals surface area contributed by atoms with Gasteiger partial charge >= 0.3 is 0 Å². The third-order valence-corrected chi connectivity index (χ3v) is 4.82. The molecule has 1 aliphatic carbocycles. The maximum absolute atomic E-state index is 12.9. The summed E-state index contributed by atoms with van der Waals surface area (Å²) in [5.74, 6) is 0.141. The summed E-state index contributed by atoms with van der Waals surface area (Å²) in [6, 6.07) is 0.137. The molecule has 19 heavy (non-hydrogen) atoms. The average Bonchev–Trinajstić information content (AvgIpc) is 2.97. The smallest absolute Gasteiger partial charge is 0.248 e. The van der Waals surface area contributed by atoms with Crippen LogP contribution in [0.1, 0.15) is 45.4 Å². The molecule has 1 saturated carbocycles. The minimum atomic E-state index is -0.615. The monoisotopic (exact) mass is 266 g/mol. The Morgan fingerprint density at radius 2 is 2.05 bits per heavy atom. The number of ether oxygens (including phenoxy) is 1. The molecule has 0 aromatic carbocycles. The number of hydrogen-bond donors (Lipinski definition) is 1. The zero-order valence-corrected chi connectivity index (χ0v) is 11.5. The standard InChI is InChI=1S/C14H22N2O3/c1-10-11(5-9-19-10)16-8-4-12(17)15-14(13(16)18)6-2-3-7-14/h10-11H,2-9H2,1H3,(H,15,17). The van der Waals surface area contributed by atoms with E-state index in [4.69, 9.17) is 4.74 Å². The molecule has 0 bridgehead atoms. The van der Waals surface area contributed by atoms with Gasteiger partial charge in [0.05, 0.1) is 12.1 Å². The molecule has 5 heteroatoms. The Kier molecular flexibility index (Phi) is 3.25. The number of rotatable bonds is 1. The van der Waals surface area contributed by atoms with Crippen molar-refractivity contribution in [1.29, 1.82) is 0 Å². The Balaban J connectivity index is 1.87. The van der Waals surface area contributed by atoms with Crippen molar-refractivity contribution in [3.05, 3.63) is 0 Å². The predicted molar refractivity (Wildman–Crippen MR) is 69.5 cm³/mol. The summed E-state index contributed by atoms with van der Waals surface area (Å²) >= 11 is 0. The van der Waals surface area contributed by atoms with Crippen LogP contribution in [0.5, 0.6) is 0 Å². The van der Waals surface area contributed by atoms with Crippen LogP contribution in [-0.2, 0) is 14.3 Å². The molecule has 2 amide bonds. The van der Waals surface area contributed by atoms with Gasteiger partial charge in [-0.3, -0.25) is 9.59 Å². The second-order valence-electron chi connectivity index (χ2n) is 6.02. The van der Waals surface area contributed by atoms with Gasteiger partial charge in [-0.15, -0.1) is 0 Å². The Bertz CT molecular complexity index is 390. The number of amides is 2. The van der Waals surface area contributed by atoms with Crippen molar-refractivity contribution in [3.63, 3.8) is 0 Å². The Morgan fingerprint density at radius 3 is 2.68 bits per heavy atom. The van der Waals surface area contributed by atoms with Crippen molar-refractivity contribution in [1.82, 2.24) is 10.2 Å². The highest BCUT2D eigenvalue weighted by Gasteiger charge is 2.49. The topological polar surface area (TPSA) is 58.6 Å². The summed E-state index contributed by atoms with van der Waals surface area (Å²) in [7, 11) is 0. The van der Waals surface area contributed by atoms with Crippen LogP contribution in [0, 0.1) is 0 Å². The average molecular weight is 266 g/mol. The van der Waals surface area contributed by atoms with Gasteiger partial charge in [-0.05, 0) is 26.2 Å². The van der Waals surface area contributed by atoms with Crippen molar-refractivity contribution in [2.24, 2.45) is 0 Å². The molecular formula is C14H22N2O3. The van der Waals surface area contributed by atoms with Crippen LogP contribution in [0.2, 0.25) is 0 Å². The first kappa shape index (κ1) is 12.9. The lowest BCUT2D eigenvalue weighted by molar-refractivity contribution is -0.141. The number of carbonyl (C=O) groups is 2. The highest BCUT2D eigenvalue weighted by molar-refractivity contribution is 5.94. The molecule has 2 aliphatic heterocycles. The predicted octanol–water partition coefficient (Wildman–Crippen LogP) is 0.825. The summed E-state index contributed by atoms with van der Waals surface area (Å²) in [6.45, 7) is 3.27. The second kappa shape index (κ2) is 4.78. The Morgan fingerprint density at radius 1 is 1.32 bits per heavy atom. The number of carbonyl (C=O) groups excluding carboxylic acids is 2. The molecule has 2 heterocycles. The first-order valence-corrected chi connectivity index (χ1v) is 7.36. The van der Waals surface area contributed by atoms with E-state index >= 15 is 0 Å². The van der Waals surface area contributed by atoms with Crippen LogP contribution >= 0.6 is 0 Å². The van der Waals surface area contributed by atoms with E-state index in [1.165, 1.54) is 0 Å². The van der Waals surface area contributed by atoms with Gasteiger partial charge in [0.1, 0.15) is 5.54 Å². The maximum Gasteiger partial charge on any atom is 0.248 e. The van der Waals surface area contributed by atoms with Crippen molar-refractivity contribution in [2.45, 2.75) is 63.1 Å². The van der Waals surface area contributed by atoms with Gasteiger partial charge < -0.3 is 15.0 Å². The summed E-state index contributed by atoms with van der Waals surface area (Å²) < 4.78 is 5.59. The molecule has 0 aromatic heterocycles. The fraction of sp³-hybridized carbons (Fsp3) is 0.857. The summed E-state index contributed by atoms with van der Waals surface area (Å²) in [6.07, 6.45) is 5.00. The fourth-order valence-corrected chi connectivity index (χ4v) is 3.74. The van der Waals surface area contributed by atoms with Crippen LogP contribution in [0.3, 0.4) is 0 Å². The minimum absolute atomic E-state index is 0.0179. The van der Waals surface area contributed by atoms with Crippen LogP contribution in [0.4, 0.5) is 0 Å². The molecule has 1 spiro atoms. The molecule has 106 valence electrons. The number of nitrogens with zero attached hydrogens (tertiary/aromatic N) is 1. The third kappa shape index (κ3) is 2.14. The van der Waals surface area contributed by atoms with Crippen molar-refractivity contribution in [3.8, 4) is 0 Å². The van der Waals surface area contributed by atoms with E-state index in [9.17, 15) is 9.59 Å². The van der Waals surface area contributed by atoms with E-state index < -0.39 is 5.54 Å². The van der Waals surface area contributed by atoms with Crippen molar-refractivity contribution >= 4 is 11.8 Å². The zero-order chi connectivity index (χ0) is 13.5. The molecule has 3 aliphatic rings. The highest BCUT2D eigenvalue weighted by atomic mass is 16.5. The van der Waals surface area contributed by atoms with Gasteiger partial charge in [0.15, 0.2) is 0 Å². The summed E-state index contributed by atoms with van der Waals surface area (Å²) in [4.78, 5) is 26.7. The summed E-state index contributed by atoms with van der Waals surface area (Å²) in [5, 5.41) is 3.00. The van der Waals surface area contributed by atoms with Crippen LogP contribution < -0.4 is 5.32 Å². The van der Waals surface area contributed by atoms with E-state index in [2.05, 4.69) is 5.32 Å². The molecule has 0 aromatic rings. The van der Waals surface area contributed by atoms with E-state index in [0.717, 1.165) is 32.1 Å². The zero-order valence-electron chi connectivity index (χ0n) is 11.5. The largest absolute Gasteiger partial charge is 0.376 e. The lowest BCUT2D eigenvalue weighted by atomic mass is 9.94. The number of hydrogen-bond acceptors (Lipinski definition) is 3. The first-order valence-electron chi connectivity index (χ1n) is 7.36. The Labute approximate surface area is 113 Å². The summed E-state index contributed by atoms with van der Waals surface area (Å²) in [5.41, 5.74) is -0.615. The van der Waals surface area contributed by atoms with Crippen LogP contribution in [0.15, 0.2) is 0 Å². The van der Waals surface area contributed by atoms with E-state index in [-0.39, 0.29) is 24.0 Å². The van der Waals surface area contributed by atoms with Gasteiger partial charge in [0, 0.05) is 19.6 Å². The molecule has 5 nitrogen and oxygen atoms in total. The molecular weight excluding hydrogens is 244 g/mol. The molecule has 0 radical (unpaired) electrons. The van der Waals surface area contributed by atoms with Gasteiger partial charge in [0.2, 0.25) is 11.8 Å². The maximum atomic E-state index is 12.9. The normalized spacial score (nSPS) is 34.7. The van der Waals surface area contributed by atoms with Gasteiger partial charge in [-0.25, -0.2) is 0 Å². The molecule has 2 saturated heterocycles. The lowest BCUT2D eigenvalue weighted by Gasteiger charge is -2.36. The number of nitrogens with one attached hydrogen (secondary N) is 1. The Hall–Kier alpha value is -1.10. The molecule has 2 atom stereocenters. The molecule has 1 N–H and O–H groups in total. The van der Waals surface area contributed by atoms with Gasteiger partial charge in [-0.2, -0.15) is 0 Å². The molecule has 3 rings (SSSR count). The minimum Gasteiger partial charge on any atom is -0.376 e. The second-order valence-corrected chi connectivity index (χ2v) is 6.02. The van der Waals surface area contributed by atoms with Gasteiger partial charge in [0.25, 0.3) is 0 Å².